The number of nitrogens with zero attached hydrogens (tertiary/aromatic N) is 3. The summed E-state index contributed by atoms with van der Waals surface area (Å²) in [7, 11) is 3.14. The van der Waals surface area contributed by atoms with E-state index in [2.05, 4.69) is 14.8 Å². The van der Waals surface area contributed by atoms with Crippen LogP contribution in [0.25, 0.3) is 17.1 Å². The number of thioether (sulfide) groups is 1. The van der Waals surface area contributed by atoms with E-state index in [1.165, 1.54) is 11.8 Å². The van der Waals surface area contributed by atoms with Crippen molar-refractivity contribution in [1.29, 1.82) is 0 Å². The van der Waals surface area contributed by atoms with Crippen LogP contribution in [-0.2, 0) is 0 Å². The highest BCUT2D eigenvalue weighted by molar-refractivity contribution is 7.99. The molecule has 0 unspecified atom stereocenters. The number of benzene rings is 2. The van der Waals surface area contributed by atoms with Crippen LogP contribution in [0.1, 0.15) is 21.7 Å². The minimum atomic E-state index is 0.0103. The van der Waals surface area contributed by atoms with E-state index < -0.39 is 0 Å². The molecule has 2 aromatic carbocycles. The van der Waals surface area contributed by atoms with Crippen molar-refractivity contribution in [2.45, 2.75) is 19.1 Å². The summed E-state index contributed by atoms with van der Waals surface area (Å²) in [6, 6.07) is 17.3. The molecule has 7 nitrogen and oxygen atoms in total. The number of carbonyl (C=O) groups is 1. The van der Waals surface area contributed by atoms with Gasteiger partial charge >= 0.3 is 0 Å². The van der Waals surface area contributed by atoms with E-state index in [-0.39, 0.29) is 11.5 Å². The Hall–Kier alpha value is -3.52. The van der Waals surface area contributed by atoms with Crippen LogP contribution >= 0.6 is 11.8 Å². The molecule has 2 aromatic heterocycles. The molecule has 0 radical (unpaired) electrons. The van der Waals surface area contributed by atoms with Crippen LogP contribution in [0.5, 0.6) is 11.5 Å². The number of Topliss-reactive ketones (excluding diaryl/α,β-unsaturated/α-hetero) is 1. The molecule has 4 aromatic rings. The smallest absolute Gasteiger partial charge is 0.277 e. The Kier molecular flexibility index (Phi) is 6.32. The van der Waals surface area contributed by atoms with Gasteiger partial charge in [0.05, 0.1) is 20.0 Å². The van der Waals surface area contributed by atoms with E-state index >= 15 is 0 Å². The van der Waals surface area contributed by atoms with Crippen LogP contribution in [0, 0.1) is 13.8 Å². The number of aromatic nitrogens is 3. The quantitative estimate of drug-likeness (QED) is 0.272. The molecule has 8 heteroatoms. The molecule has 0 N–H and O–H groups in total. The van der Waals surface area contributed by atoms with Gasteiger partial charge < -0.3 is 18.5 Å². The Morgan fingerprint density at radius 3 is 2.47 bits per heavy atom. The second-order valence-corrected chi connectivity index (χ2v) is 8.04. The van der Waals surface area contributed by atoms with Gasteiger partial charge in [-0.05, 0) is 50.2 Å². The first kappa shape index (κ1) is 21.7. The van der Waals surface area contributed by atoms with Crippen LogP contribution in [0.2, 0.25) is 0 Å². The molecule has 0 aliphatic heterocycles. The normalized spacial score (nSPS) is 10.9. The number of ketones is 1. The monoisotopic (exact) mass is 449 g/mol. The van der Waals surface area contributed by atoms with Crippen LogP contribution in [0.4, 0.5) is 0 Å². The van der Waals surface area contributed by atoms with Crippen molar-refractivity contribution < 1.29 is 18.7 Å². The molecule has 0 saturated carbocycles. The van der Waals surface area contributed by atoms with E-state index in [1.807, 2.05) is 56.3 Å². The average molecular weight is 450 g/mol. The zero-order valence-corrected chi connectivity index (χ0v) is 19.1. The summed E-state index contributed by atoms with van der Waals surface area (Å²) in [5.74, 6) is 1.75. The number of aryl methyl sites for hydroxylation is 1. The number of hydrogen-bond donors (Lipinski definition) is 0. The second-order valence-electron chi connectivity index (χ2n) is 7.11. The lowest BCUT2D eigenvalue weighted by atomic mass is 10.2. The molecule has 0 fully saturated rings. The standard InChI is InChI=1S/C24H23N3O4S/c1-15-12-19(16(2)27(15)18-8-6-5-7-9-18)20(28)14-32-24-26-25-23(31-24)17-10-11-21(29-3)22(13-17)30-4/h5-13H,14H2,1-4H3. The molecule has 2 heterocycles. The first-order valence-electron chi connectivity index (χ1n) is 9.98. The molecule has 0 amide bonds. The zero-order chi connectivity index (χ0) is 22.7. The summed E-state index contributed by atoms with van der Waals surface area (Å²) in [6.45, 7) is 3.96. The molecule has 4 rings (SSSR count). The fourth-order valence-electron chi connectivity index (χ4n) is 3.58. The molecule has 0 aliphatic rings. The van der Waals surface area contributed by atoms with Crippen molar-refractivity contribution >= 4 is 17.5 Å². The maximum Gasteiger partial charge on any atom is 0.277 e. The van der Waals surface area contributed by atoms with Crippen molar-refractivity contribution in [2.24, 2.45) is 0 Å². The summed E-state index contributed by atoms with van der Waals surface area (Å²) >= 11 is 1.22. The van der Waals surface area contributed by atoms with Crippen LogP contribution < -0.4 is 9.47 Å². The van der Waals surface area contributed by atoms with Gasteiger partial charge in [0, 0.05) is 28.2 Å². The number of para-hydroxylation sites is 1. The number of methoxy groups -OCH3 is 2. The lowest BCUT2D eigenvalue weighted by molar-refractivity contribution is 0.102. The van der Waals surface area contributed by atoms with Gasteiger partial charge in [-0.25, -0.2) is 0 Å². The van der Waals surface area contributed by atoms with Gasteiger partial charge in [0.1, 0.15) is 0 Å². The summed E-state index contributed by atoms with van der Waals surface area (Å²) in [5, 5.41) is 8.49. The van der Waals surface area contributed by atoms with Crippen molar-refractivity contribution in [1.82, 2.24) is 14.8 Å². The van der Waals surface area contributed by atoms with Gasteiger partial charge in [0.15, 0.2) is 17.3 Å². The van der Waals surface area contributed by atoms with E-state index in [1.54, 1.807) is 26.4 Å². The molecule has 164 valence electrons. The van der Waals surface area contributed by atoms with Crippen molar-refractivity contribution in [2.75, 3.05) is 20.0 Å². The largest absolute Gasteiger partial charge is 0.493 e. The highest BCUT2D eigenvalue weighted by Gasteiger charge is 2.19. The minimum Gasteiger partial charge on any atom is -0.493 e. The number of carbonyl (C=O) groups excluding carboxylic acids is 1. The van der Waals surface area contributed by atoms with Crippen molar-refractivity contribution in [3.8, 4) is 28.6 Å². The Bertz CT molecular complexity index is 1250. The fourth-order valence-corrected chi connectivity index (χ4v) is 4.23. The van der Waals surface area contributed by atoms with Crippen LogP contribution in [0.15, 0.2) is 64.2 Å². The first-order chi connectivity index (χ1) is 15.5. The maximum atomic E-state index is 12.9. The summed E-state index contributed by atoms with van der Waals surface area (Å²) in [4.78, 5) is 12.9. The van der Waals surface area contributed by atoms with Gasteiger partial charge in [-0.3, -0.25) is 4.79 Å². The summed E-state index contributed by atoms with van der Waals surface area (Å²) in [5.41, 5.74) is 4.36. The van der Waals surface area contributed by atoms with E-state index in [9.17, 15) is 4.79 Å². The third-order valence-electron chi connectivity index (χ3n) is 5.11. The lowest BCUT2D eigenvalue weighted by Gasteiger charge is -2.09. The summed E-state index contributed by atoms with van der Waals surface area (Å²) in [6.07, 6.45) is 0. The Morgan fingerprint density at radius 1 is 1.00 bits per heavy atom. The van der Waals surface area contributed by atoms with Crippen molar-refractivity contribution in [3.63, 3.8) is 0 Å². The number of hydrogen-bond acceptors (Lipinski definition) is 7. The molecule has 0 bridgehead atoms. The molecule has 0 aliphatic carbocycles. The molecule has 32 heavy (non-hydrogen) atoms. The van der Waals surface area contributed by atoms with E-state index in [0.29, 0.717) is 33.7 Å². The lowest BCUT2D eigenvalue weighted by Crippen LogP contribution is -2.05. The average Bonchev–Trinajstić information content (AvgIpc) is 3.41. The zero-order valence-electron chi connectivity index (χ0n) is 18.3. The van der Waals surface area contributed by atoms with Crippen LogP contribution in [-0.4, -0.2) is 40.5 Å². The minimum absolute atomic E-state index is 0.0103. The van der Waals surface area contributed by atoms with E-state index in [0.717, 1.165) is 17.1 Å². The predicted molar refractivity (Wildman–Crippen MR) is 123 cm³/mol. The van der Waals surface area contributed by atoms with E-state index in [4.69, 9.17) is 13.9 Å². The topological polar surface area (TPSA) is 79.4 Å². The van der Waals surface area contributed by atoms with Gasteiger partial charge in [-0.1, -0.05) is 30.0 Å². The number of ether oxygens (including phenoxy) is 2. The molecular weight excluding hydrogens is 426 g/mol. The molecule has 0 atom stereocenters. The SMILES string of the molecule is COc1ccc(-c2nnc(SCC(=O)c3cc(C)n(-c4ccccc4)c3C)o2)cc1OC. The second kappa shape index (κ2) is 9.32. The molecular formula is C24H23N3O4S. The van der Waals surface area contributed by atoms with Crippen LogP contribution in [0.3, 0.4) is 0 Å². The first-order valence-corrected chi connectivity index (χ1v) is 11.0. The molecule has 0 spiro atoms. The van der Waals surface area contributed by atoms with Gasteiger partial charge in [0.25, 0.3) is 5.22 Å². The highest BCUT2D eigenvalue weighted by atomic mass is 32.2. The van der Waals surface area contributed by atoms with Gasteiger partial charge in [-0.2, -0.15) is 0 Å². The predicted octanol–water partition coefficient (Wildman–Crippen LogP) is 5.14. The third kappa shape index (κ3) is 4.27. The third-order valence-corrected chi connectivity index (χ3v) is 5.93. The highest BCUT2D eigenvalue weighted by Crippen LogP contribution is 2.33. The Morgan fingerprint density at radius 2 is 1.75 bits per heavy atom. The Balaban J connectivity index is 1.48. The van der Waals surface area contributed by atoms with Crippen molar-refractivity contribution in [3.05, 3.63) is 71.5 Å². The van der Waals surface area contributed by atoms with Gasteiger partial charge in [-0.15, -0.1) is 10.2 Å². The summed E-state index contributed by atoms with van der Waals surface area (Å²) < 4.78 is 18.4. The van der Waals surface area contributed by atoms with Gasteiger partial charge in [0.2, 0.25) is 5.89 Å². The number of rotatable bonds is 8. The molecule has 0 saturated heterocycles. The Labute approximate surface area is 190 Å². The maximum absolute atomic E-state index is 12.9. The fraction of sp³-hybridized carbons (Fsp3) is 0.208.